The summed E-state index contributed by atoms with van der Waals surface area (Å²) < 4.78 is 13.6. The van der Waals surface area contributed by atoms with Crippen LogP contribution >= 0.6 is 11.6 Å². The first-order valence-corrected chi connectivity index (χ1v) is 7.08. The summed E-state index contributed by atoms with van der Waals surface area (Å²) in [5.74, 6) is -2.04. The summed E-state index contributed by atoms with van der Waals surface area (Å²) in [7, 11) is 0. The van der Waals surface area contributed by atoms with Crippen molar-refractivity contribution in [2.75, 3.05) is 5.32 Å². The highest BCUT2D eigenvalue weighted by Crippen LogP contribution is 2.24. The van der Waals surface area contributed by atoms with Crippen LogP contribution in [0.3, 0.4) is 0 Å². The number of aliphatic hydroxyl groups is 1. The Hall–Kier alpha value is -2.93. The van der Waals surface area contributed by atoms with Crippen LogP contribution in [0, 0.1) is 11.2 Å². The molecule has 0 fully saturated rings. The second-order valence-corrected chi connectivity index (χ2v) is 5.25. The number of hydrogen-bond donors (Lipinski definition) is 4. The maximum Gasteiger partial charge on any atom is 0.337 e. The standard InChI is InChI=1S/C16H13ClFN3O3/c1-8(19)14(9-2-4-11(17)12(18)6-9)15(22)21-13-5-3-10(7-20-13)16(23)24/h2-7,19,22H,1H3,(H,20,21)(H,23,24)/b15-14-,19-8?. The molecule has 1 heterocycles. The molecule has 4 N–H and O–H groups in total. The molecule has 24 heavy (non-hydrogen) atoms. The average Bonchev–Trinajstić information content (AvgIpc) is 2.51. The summed E-state index contributed by atoms with van der Waals surface area (Å²) in [6.07, 6.45) is 1.12. The van der Waals surface area contributed by atoms with Gasteiger partial charge in [0.05, 0.1) is 16.2 Å². The highest BCUT2D eigenvalue weighted by atomic mass is 35.5. The van der Waals surface area contributed by atoms with Gasteiger partial charge in [0.15, 0.2) is 5.88 Å². The van der Waals surface area contributed by atoms with Crippen LogP contribution in [0.4, 0.5) is 10.2 Å². The molecular formula is C16H13ClFN3O3. The maximum absolute atomic E-state index is 13.6. The van der Waals surface area contributed by atoms with E-state index in [1.54, 1.807) is 0 Å². The summed E-state index contributed by atoms with van der Waals surface area (Å²) in [6.45, 7) is 1.43. The van der Waals surface area contributed by atoms with Crippen molar-refractivity contribution in [3.8, 4) is 0 Å². The van der Waals surface area contributed by atoms with E-state index in [4.69, 9.17) is 22.1 Å². The Morgan fingerprint density at radius 2 is 1.92 bits per heavy atom. The topological polar surface area (TPSA) is 106 Å². The average molecular weight is 350 g/mol. The number of benzene rings is 1. The minimum atomic E-state index is -1.12. The van der Waals surface area contributed by atoms with Gasteiger partial charge in [0.2, 0.25) is 0 Å². The third-order valence-electron chi connectivity index (χ3n) is 3.08. The Morgan fingerprint density at radius 3 is 2.42 bits per heavy atom. The smallest absolute Gasteiger partial charge is 0.337 e. The molecular weight excluding hydrogens is 337 g/mol. The Bertz CT molecular complexity index is 835. The zero-order valence-electron chi connectivity index (χ0n) is 12.5. The predicted molar refractivity (Wildman–Crippen MR) is 89.2 cm³/mol. The van der Waals surface area contributed by atoms with Gasteiger partial charge in [-0.15, -0.1) is 0 Å². The summed E-state index contributed by atoms with van der Waals surface area (Å²) in [5, 5.41) is 29.3. The van der Waals surface area contributed by atoms with Crippen molar-refractivity contribution in [2.45, 2.75) is 6.92 Å². The van der Waals surface area contributed by atoms with Gasteiger partial charge in [-0.3, -0.25) is 0 Å². The number of aromatic nitrogens is 1. The van der Waals surface area contributed by atoms with Gasteiger partial charge in [-0.2, -0.15) is 0 Å². The zero-order valence-corrected chi connectivity index (χ0v) is 13.2. The molecule has 1 aromatic carbocycles. The van der Waals surface area contributed by atoms with Crippen molar-refractivity contribution in [3.63, 3.8) is 0 Å². The Balaban J connectivity index is 2.38. The van der Waals surface area contributed by atoms with Crippen LogP contribution in [0.25, 0.3) is 5.57 Å². The molecule has 1 aromatic heterocycles. The monoisotopic (exact) mass is 349 g/mol. The molecule has 0 saturated carbocycles. The molecule has 0 aliphatic carbocycles. The number of anilines is 1. The van der Waals surface area contributed by atoms with Crippen LogP contribution in [0.5, 0.6) is 0 Å². The van der Waals surface area contributed by atoms with E-state index in [1.165, 1.54) is 31.2 Å². The number of nitrogens with one attached hydrogen (secondary N) is 2. The molecule has 0 saturated heterocycles. The molecule has 0 radical (unpaired) electrons. The van der Waals surface area contributed by atoms with Gasteiger partial charge in [0, 0.05) is 11.9 Å². The fourth-order valence-corrected chi connectivity index (χ4v) is 2.08. The zero-order chi connectivity index (χ0) is 17.9. The Morgan fingerprint density at radius 1 is 1.25 bits per heavy atom. The van der Waals surface area contributed by atoms with E-state index in [-0.39, 0.29) is 33.3 Å². The van der Waals surface area contributed by atoms with Crippen LogP contribution in [-0.2, 0) is 0 Å². The van der Waals surface area contributed by atoms with E-state index >= 15 is 0 Å². The van der Waals surface area contributed by atoms with Crippen LogP contribution in [0.2, 0.25) is 5.02 Å². The summed E-state index contributed by atoms with van der Waals surface area (Å²) in [4.78, 5) is 14.6. The van der Waals surface area contributed by atoms with Gasteiger partial charge in [-0.25, -0.2) is 14.2 Å². The fourth-order valence-electron chi connectivity index (χ4n) is 1.96. The SMILES string of the molecule is CC(=N)/C(=C(/O)Nc1ccc(C(=O)O)cn1)c1ccc(Cl)c(F)c1. The molecule has 2 rings (SSSR count). The van der Waals surface area contributed by atoms with Crippen molar-refractivity contribution in [1.29, 1.82) is 5.41 Å². The number of hydrogen-bond acceptors (Lipinski definition) is 5. The van der Waals surface area contributed by atoms with Crippen LogP contribution in [0.1, 0.15) is 22.8 Å². The molecule has 2 aromatic rings. The largest absolute Gasteiger partial charge is 0.494 e. The molecule has 0 aliphatic heterocycles. The van der Waals surface area contributed by atoms with E-state index in [9.17, 15) is 14.3 Å². The number of halogens is 2. The van der Waals surface area contributed by atoms with Crippen molar-refractivity contribution in [2.24, 2.45) is 0 Å². The number of carboxylic acid groups (broad SMARTS) is 1. The number of carbonyl (C=O) groups is 1. The number of rotatable bonds is 5. The third-order valence-corrected chi connectivity index (χ3v) is 3.38. The van der Waals surface area contributed by atoms with Gasteiger partial charge < -0.3 is 20.9 Å². The molecule has 0 atom stereocenters. The summed E-state index contributed by atoms with van der Waals surface area (Å²) in [6, 6.07) is 6.57. The van der Waals surface area contributed by atoms with Gasteiger partial charge in [0.1, 0.15) is 11.6 Å². The minimum absolute atomic E-state index is 0.00718. The normalized spacial score (nSPS) is 11.6. The van der Waals surface area contributed by atoms with E-state index in [0.717, 1.165) is 12.3 Å². The van der Waals surface area contributed by atoms with Gasteiger partial charge in [0.25, 0.3) is 0 Å². The molecule has 0 amide bonds. The van der Waals surface area contributed by atoms with E-state index in [2.05, 4.69) is 10.3 Å². The van der Waals surface area contributed by atoms with Crippen molar-refractivity contribution in [1.82, 2.24) is 4.98 Å². The first-order chi connectivity index (χ1) is 11.3. The second-order valence-electron chi connectivity index (χ2n) is 4.84. The van der Waals surface area contributed by atoms with Gasteiger partial charge in [-0.1, -0.05) is 17.7 Å². The lowest BCUT2D eigenvalue weighted by Gasteiger charge is -2.12. The molecule has 0 unspecified atom stereocenters. The lowest BCUT2D eigenvalue weighted by Crippen LogP contribution is -2.09. The van der Waals surface area contributed by atoms with Gasteiger partial charge in [-0.05, 0) is 36.8 Å². The van der Waals surface area contributed by atoms with Crippen molar-refractivity contribution >= 4 is 34.7 Å². The first-order valence-electron chi connectivity index (χ1n) is 6.70. The minimum Gasteiger partial charge on any atom is -0.494 e. The lowest BCUT2D eigenvalue weighted by molar-refractivity contribution is 0.0696. The fraction of sp³-hybridized carbons (Fsp3) is 0.0625. The molecule has 0 aliphatic rings. The van der Waals surface area contributed by atoms with E-state index < -0.39 is 17.7 Å². The maximum atomic E-state index is 13.6. The molecule has 0 spiro atoms. The number of nitrogens with zero attached hydrogens (tertiary/aromatic N) is 1. The molecule has 6 nitrogen and oxygen atoms in total. The second kappa shape index (κ2) is 7.10. The Labute approximate surface area is 141 Å². The number of pyridine rings is 1. The molecule has 0 bridgehead atoms. The number of aliphatic hydroxyl groups excluding tert-OH is 1. The van der Waals surface area contributed by atoms with Crippen molar-refractivity contribution < 1.29 is 19.4 Å². The van der Waals surface area contributed by atoms with Crippen LogP contribution < -0.4 is 5.32 Å². The highest BCUT2D eigenvalue weighted by Gasteiger charge is 2.14. The summed E-state index contributed by atoms with van der Waals surface area (Å²) >= 11 is 5.63. The van der Waals surface area contributed by atoms with Crippen LogP contribution in [-0.4, -0.2) is 26.9 Å². The number of carboxylic acids is 1. The third kappa shape index (κ3) is 3.88. The van der Waals surface area contributed by atoms with Crippen molar-refractivity contribution in [3.05, 3.63) is 64.4 Å². The molecule has 124 valence electrons. The van der Waals surface area contributed by atoms with Crippen LogP contribution in [0.15, 0.2) is 42.4 Å². The predicted octanol–water partition coefficient (Wildman–Crippen LogP) is 3.95. The number of aromatic carboxylic acids is 1. The highest BCUT2D eigenvalue weighted by molar-refractivity contribution is 6.31. The summed E-state index contributed by atoms with van der Waals surface area (Å²) in [5.41, 5.74) is 0.308. The quantitative estimate of drug-likeness (QED) is 0.483. The number of allylic oxidation sites excluding steroid dienone is 1. The van der Waals surface area contributed by atoms with E-state index in [0.29, 0.717) is 0 Å². The van der Waals surface area contributed by atoms with E-state index in [1.807, 2.05) is 0 Å². The first kappa shape index (κ1) is 17.4. The Kier molecular flexibility index (Phi) is 5.15. The van der Waals surface area contributed by atoms with Gasteiger partial charge >= 0.3 is 5.97 Å². The molecule has 8 heteroatoms. The lowest BCUT2D eigenvalue weighted by atomic mass is 10.0.